The summed E-state index contributed by atoms with van der Waals surface area (Å²) in [5, 5.41) is 17.6. The summed E-state index contributed by atoms with van der Waals surface area (Å²) in [7, 11) is 0. The van der Waals surface area contributed by atoms with E-state index in [-0.39, 0.29) is 17.4 Å². The first kappa shape index (κ1) is 24.4. The van der Waals surface area contributed by atoms with Crippen LogP contribution in [0.5, 0.6) is 0 Å². The van der Waals surface area contributed by atoms with E-state index in [1.807, 2.05) is 31.2 Å². The minimum absolute atomic E-state index is 0.000470. The SMILES string of the molecule is CCc1ccccc1NC(=O)CSC1=C(C#N)[C@H](c2cccc(Cl)c2Cl)C2=C(CCCC2=O)N1. The molecule has 174 valence electrons. The fourth-order valence-corrected chi connectivity index (χ4v) is 5.65. The van der Waals surface area contributed by atoms with Crippen LogP contribution in [-0.2, 0) is 16.0 Å². The lowest BCUT2D eigenvalue weighted by Gasteiger charge is -2.33. The van der Waals surface area contributed by atoms with Gasteiger partial charge in [-0.15, -0.1) is 0 Å². The number of allylic oxidation sites excluding steroid dienone is 3. The van der Waals surface area contributed by atoms with E-state index in [9.17, 15) is 14.9 Å². The van der Waals surface area contributed by atoms with Crippen molar-refractivity contribution in [1.82, 2.24) is 5.32 Å². The molecule has 0 unspecified atom stereocenters. The molecular weight excluding hydrogens is 489 g/mol. The Balaban J connectivity index is 1.65. The summed E-state index contributed by atoms with van der Waals surface area (Å²) in [6, 6.07) is 15.2. The average Bonchev–Trinajstić information content (AvgIpc) is 2.84. The molecule has 2 N–H and O–H groups in total. The van der Waals surface area contributed by atoms with Crippen LogP contribution >= 0.6 is 35.0 Å². The van der Waals surface area contributed by atoms with Crippen molar-refractivity contribution >= 4 is 52.3 Å². The molecule has 1 atom stereocenters. The van der Waals surface area contributed by atoms with E-state index < -0.39 is 5.92 Å². The number of carbonyl (C=O) groups excluding carboxylic acids is 2. The van der Waals surface area contributed by atoms with Gasteiger partial charge in [-0.25, -0.2) is 0 Å². The zero-order chi connectivity index (χ0) is 24.2. The van der Waals surface area contributed by atoms with Crippen LogP contribution in [0.1, 0.15) is 43.2 Å². The van der Waals surface area contributed by atoms with Gasteiger partial charge in [0.1, 0.15) is 0 Å². The van der Waals surface area contributed by atoms with E-state index in [2.05, 4.69) is 16.7 Å². The van der Waals surface area contributed by atoms with Crippen LogP contribution in [0.4, 0.5) is 5.69 Å². The molecule has 1 heterocycles. The lowest BCUT2D eigenvalue weighted by atomic mass is 9.77. The second kappa shape index (κ2) is 10.7. The third-order valence-electron chi connectivity index (χ3n) is 5.98. The molecule has 0 aromatic heterocycles. The molecule has 0 radical (unpaired) electrons. The summed E-state index contributed by atoms with van der Waals surface area (Å²) in [5.74, 6) is -0.681. The zero-order valence-corrected chi connectivity index (χ0v) is 20.9. The smallest absolute Gasteiger partial charge is 0.234 e. The number of hydrogen-bond donors (Lipinski definition) is 2. The minimum Gasteiger partial charge on any atom is -0.352 e. The van der Waals surface area contributed by atoms with Gasteiger partial charge >= 0.3 is 0 Å². The fraction of sp³-hybridized carbons (Fsp3) is 0.269. The Hall–Kier alpha value is -2.72. The van der Waals surface area contributed by atoms with Crippen molar-refractivity contribution in [2.45, 2.75) is 38.5 Å². The number of amides is 1. The van der Waals surface area contributed by atoms with Crippen molar-refractivity contribution < 1.29 is 9.59 Å². The summed E-state index contributed by atoms with van der Waals surface area (Å²) < 4.78 is 0. The first-order chi connectivity index (χ1) is 16.4. The quantitative estimate of drug-likeness (QED) is 0.471. The van der Waals surface area contributed by atoms with Crippen LogP contribution < -0.4 is 10.6 Å². The molecule has 1 amide bonds. The fourth-order valence-electron chi connectivity index (χ4n) is 4.37. The molecule has 2 aliphatic rings. The van der Waals surface area contributed by atoms with Crippen LogP contribution in [0, 0.1) is 11.3 Å². The highest BCUT2D eigenvalue weighted by Crippen LogP contribution is 2.46. The second-order valence-corrected chi connectivity index (χ2v) is 9.84. The number of benzene rings is 2. The van der Waals surface area contributed by atoms with Gasteiger partial charge in [0, 0.05) is 23.4 Å². The largest absolute Gasteiger partial charge is 0.352 e. The number of hydrogen-bond acceptors (Lipinski definition) is 5. The molecule has 0 spiro atoms. The lowest BCUT2D eigenvalue weighted by Crippen LogP contribution is -2.32. The highest BCUT2D eigenvalue weighted by Gasteiger charge is 2.38. The Labute approximate surface area is 213 Å². The maximum atomic E-state index is 12.9. The molecule has 2 aromatic rings. The zero-order valence-electron chi connectivity index (χ0n) is 18.6. The van der Waals surface area contributed by atoms with Crippen molar-refractivity contribution in [3.8, 4) is 6.07 Å². The molecule has 1 aliphatic heterocycles. The number of ketones is 1. The van der Waals surface area contributed by atoms with Crippen molar-refractivity contribution in [1.29, 1.82) is 5.26 Å². The molecule has 0 bridgehead atoms. The van der Waals surface area contributed by atoms with Crippen LogP contribution in [0.2, 0.25) is 10.0 Å². The third-order valence-corrected chi connectivity index (χ3v) is 7.83. The number of nitrogens with zero attached hydrogens (tertiary/aromatic N) is 1. The maximum absolute atomic E-state index is 12.9. The van der Waals surface area contributed by atoms with Gasteiger partial charge < -0.3 is 10.6 Å². The summed E-state index contributed by atoms with van der Waals surface area (Å²) >= 11 is 14.1. The summed E-state index contributed by atoms with van der Waals surface area (Å²) in [6.07, 6.45) is 2.65. The van der Waals surface area contributed by atoms with Gasteiger partial charge in [0.05, 0.1) is 38.4 Å². The van der Waals surface area contributed by atoms with E-state index in [1.54, 1.807) is 18.2 Å². The highest BCUT2D eigenvalue weighted by molar-refractivity contribution is 8.03. The van der Waals surface area contributed by atoms with Crippen molar-refractivity contribution in [3.63, 3.8) is 0 Å². The Morgan fingerprint density at radius 2 is 2.00 bits per heavy atom. The van der Waals surface area contributed by atoms with E-state index >= 15 is 0 Å². The number of nitrogens with one attached hydrogen (secondary N) is 2. The van der Waals surface area contributed by atoms with Gasteiger partial charge in [0.25, 0.3) is 0 Å². The number of carbonyl (C=O) groups is 2. The minimum atomic E-state index is -0.619. The molecule has 2 aromatic carbocycles. The molecule has 5 nitrogen and oxygen atoms in total. The monoisotopic (exact) mass is 511 g/mol. The van der Waals surface area contributed by atoms with Crippen LogP contribution in [0.15, 0.2) is 64.3 Å². The van der Waals surface area contributed by atoms with E-state index in [0.29, 0.717) is 44.6 Å². The molecule has 0 fully saturated rings. The van der Waals surface area contributed by atoms with Crippen LogP contribution in [-0.4, -0.2) is 17.4 Å². The first-order valence-electron chi connectivity index (χ1n) is 11.1. The summed E-state index contributed by atoms with van der Waals surface area (Å²) in [6.45, 7) is 2.04. The van der Waals surface area contributed by atoms with E-state index in [4.69, 9.17) is 23.2 Å². The number of aryl methyl sites for hydroxylation is 1. The van der Waals surface area contributed by atoms with E-state index in [1.165, 1.54) is 11.8 Å². The van der Waals surface area contributed by atoms with Gasteiger partial charge in [-0.3, -0.25) is 9.59 Å². The summed E-state index contributed by atoms with van der Waals surface area (Å²) in [5.41, 5.74) is 4.18. The average molecular weight is 512 g/mol. The number of anilines is 1. The molecule has 34 heavy (non-hydrogen) atoms. The normalized spacial score (nSPS) is 17.7. The maximum Gasteiger partial charge on any atom is 0.234 e. The summed E-state index contributed by atoms with van der Waals surface area (Å²) in [4.78, 5) is 25.7. The van der Waals surface area contributed by atoms with Crippen LogP contribution in [0.25, 0.3) is 0 Å². The molecule has 4 rings (SSSR count). The van der Waals surface area contributed by atoms with Gasteiger partial charge in [-0.05, 0) is 42.5 Å². The van der Waals surface area contributed by atoms with E-state index in [0.717, 1.165) is 29.8 Å². The van der Waals surface area contributed by atoms with Gasteiger partial charge in [0.2, 0.25) is 5.91 Å². The molecule has 8 heteroatoms. The third kappa shape index (κ3) is 4.88. The van der Waals surface area contributed by atoms with Gasteiger partial charge in [0.15, 0.2) is 5.78 Å². The number of Topliss-reactive ketones (excluding diaryl/α,β-unsaturated/α-hetero) is 1. The van der Waals surface area contributed by atoms with Gasteiger partial charge in [-0.2, -0.15) is 5.26 Å². The highest BCUT2D eigenvalue weighted by atomic mass is 35.5. The molecule has 1 aliphatic carbocycles. The molecule has 0 saturated carbocycles. The Bertz CT molecular complexity index is 1260. The van der Waals surface area contributed by atoms with Crippen LogP contribution in [0.3, 0.4) is 0 Å². The number of dihydropyridines is 1. The Kier molecular flexibility index (Phi) is 7.67. The molecule has 0 saturated heterocycles. The number of thioether (sulfide) groups is 1. The Morgan fingerprint density at radius 3 is 2.76 bits per heavy atom. The predicted molar refractivity (Wildman–Crippen MR) is 138 cm³/mol. The van der Waals surface area contributed by atoms with Crippen molar-refractivity contribution in [2.75, 3.05) is 11.1 Å². The molecular formula is C26H23Cl2N3O2S. The number of halogens is 2. The van der Waals surface area contributed by atoms with Crippen molar-refractivity contribution in [2.24, 2.45) is 0 Å². The van der Waals surface area contributed by atoms with Crippen molar-refractivity contribution in [3.05, 3.63) is 85.5 Å². The number of nitriles is 1. The second-order valence-electron chi connectivity index (χ2n) is 8.07. The van der Waals surface area contributed by atoms with Gasteiger partial charge in [-0.1, -0.05) is 72.2 Å². The Morgan fingerprint density at radius 1 is 1.21 bits per heavy atom. The number of rotatable bonds is 6. The number of para-hydroxylation sites is 1. The lowest BCUT2D eigenvalue weighted by molar-refractivity contribution is -0.116. The predicted octanol–water partition coefficient (Wildman–Crippen LogP) is 6.36. The topological polar surface area (TPSA) is 82.0 Å². The standard InChI is InChI=1S/C26H23Cl2N3O2S/c1-2-15-7-3-4-10-19(15)30-22(33)14-34-26-17(13-29)23(16-8-5-9-18(27)25(16)28)24-20(31-26)11-6-12-21(24)32/h3-5,7-10,23,31H,2,6,11-12,14H2,1H3,(H,30,33)/t23-/m0/s1. The first-order valence-corrected chi connectivity index (χ1v) is 12.8.